The number of benzene rings is 1. The highest BCUT2D eigenvalue weighted by atomic mass is 19.4. The summed E-state index contributed by atoms with van der Waals surface area (Å²) in [5.74, 6) is 0. The number of halogens is 6. The van der Waals surface area contributed by atoms with Gasteiger partial charge in [0, 0.05) is 13.1 Å². The van der Waals surface area contributed by atoms with E-state index in [0.717, 1.165) is 6.07 Å². The van der Waals surface area contributed by atoms with Crippen LogP contribution in [0, 0.1) is 0 Å². The Kier molecular flexibility index (Phi) is 3.75. The van der Waals surface area contributed by atoms with Crippen molar-refractivity contribution in [2.75, 3.05) is 13.1 Å². The van der Waals surface area contributed by atoms with Gasteiger partial charge < -0.3 is 0 Å². The molecule has 0 bridgehead atoms. The van der Waals surface area contributed by atoms with Crippen molar-refractivity contribution < 1.29 is 26.3 Å². The maximum Gasteiger partial charge on any atom is 0.416 e. The van der Waals surface area contributed by atoms with Gasteiger partial charge in [0.05, 0.1) is 11.1 Å². The van der Waals surface area contributed by atoms with Gasteiger partial charge in [0.25, 0.3) is 0 Å². The topological polar surface area (TPSA) is 3.24 Å². The van der Waals surface area contributed by atoms with E-state index in [9.17, 15) is 26.3 Å². The van der Waals surface area contributed by atoms with Crippen LogP contribution in [0.5, 0.6) is 0 Å². The van der Waals surface area contributed by atoms with E-state index in [-0.39, 0.29) is 30.2 Å². The molecule has 1 aromatic rings. The minimum atomic E-state index is -4.77. The number of hydrogen-bond donors (Lipinski definition) is 0. The SMILES string of the molecule is CCN1CCc2c(cc(C(F)(F)F)cc2C(F)(F)F)C1. The Bertz CT molecular complexity index is 503. The lowest BCUT2D eigenvalue weighted by Gasteiger charge is -2.30. The van der Waals surface area contributed by atoms with Crippen LogP contribution in [0.2, 0.25) is 0 Å². The van der Waals surface area contributed by atoms with Crippen molar-refractivity contribution in [1.29, 1.82) is 0 Å². The first-order valence-electron chi connectivity index (χ1n) is 6.15. The van der Waals surface area contributed by atoms with Crippen molar-refractivity contribution in [3.05, 3.63) is 34.4 Å². The van der Waals surface area contributed by atoms with Crippen LogP contribution in [0.3, 0.4) is 0 Å². The van der Waals surface area contributed by atoms with Crippen LogP contribution in [0.15, 0.2) is 12.1 Å². The maximum absolute atomic E-state index is 12.9. The molecule has 0 saturated heterocycles. The fourth-order valence-corrected chi connectivity index (χ4v) is 2.44. The second-order valence-corrected chi connectivity index (χ2v) is 4.78. The first-order chi connectivity index (χ1) is 9.13. The van der Waals surface area contributed by atoms with Crippen LogP contribution < -0.4 is 0 Å². The molecular weight excluding hydrogens is 284 g/mol. The molecule has 1 nitrogen and oxygen atoms in total. The van der Waals surface area contributed by atoms with Crippen LogP contribution in [-0.4, -0.2) is 18.0 Å². The summed E-state index contributed by atoms with van der Waals surface area (Å²) >= 11 is 0. The van der Waals surface area contributed by atoms with Gasteiger partial charge in [-0.1, -0.05) is 6.92 Å². The molecule has 0 spiro atoms. The third-order valence-corrected chi connectivity index (χ3v) is 3.49. The standard InChI is InChI=1S/C13H13F6N/c1-2-20-4-3-10-8(7-20)5-9(12(14,15)16)6-11(10)13(17,18)19/h5-6H,2-4,7H2,1H3. The average molecular weight is 297 g/mol. The van der Waals surface area contributed by atoms with Gasteiger partial charge in [0.2, 0.25) is 0 Å². The lowest BCUT2D eigenvalue weighted by molar-refractivity contribution is -0.143. The van der Waals surface area contributed by atoms with Crippen molar-refractivity contribution in [3.8, 4) is 0 Å². The molecule has 1 aliphatic rings. The number of alkyl halides is 6. The molecule has 7 heteroatoms. The summed E-state index contributed by atoms with van der Waals surface area (Å²) < 4.78 is 77.0. The Morgan fingerprint density at radius 1 is 1.05 bits per heavy atom. The fraction of sp³-hybridized carbons (Fsp3) is 0.538. The van der Waals surface area contributed by atoms with Crippen molar-refractivity contribution >= 4 is 0 Å². The summed E-state index contributed by atoms with van der Waals surface area (Å²) in [6.45, 7) is 2.97. The van der Waals surface area contributed by atoms with Gasteiger partial charge in [-0.25, -0.2) is 0 Å². The van der Waals surface area contributed by atoms with Crippen LogP contribution in [0.1, 0.15) is 29.2 Å². The summed E-state index contributed by atoms with van der Waals surface area (Å²) in [5.41, 5.74) is -2.27. The minimum Gasteiger partial charge on any atom is -0.299 e. The summed E-state index contributed by atoms with van der Waals surface area (Å²) in [6, 6.07) is 1.06. The van der Waals surface area contributed by atoms with Gasteiger partial charge in [-0.15, -0.1) is 0 Å². The Morgan fingerprint density at radius 3 is 2.20 bits per heavy atom. The lowest BCUT2D eigenvalue weighted by atomic mass is 9.91. The first-order valence-corrected chi connectivity index (χ1v) is 6.15. The van der Waals surface area contributed by atoms with Crippen molar-refractivity contribution in [1.82, 2.24) is 4.90 Å². The van der Waals surface area contributed by atoms with Crippen molar-refractivity contribution in [3.63, 3.8) is 0 Å². The largest absolute Gasteiger partial charge is 0.416 e. The first kappa shape index (κ1) is 15.2. The number of nitrogens with zero attached hydrogens (tertiary/aromatic N) is 1. The Balaban J connectivity index is 2.58. The predicted octanol–water partition coefficient (Wildman–Crippen LogP) is 4.10. The molecule has 2 rings (SSSR count). The predicted molar refractivity (Wildman–Crippen MR) is 61.1 cm³/mol. The summed E-state index contributed by atoms with van der Waals surface area (Å²) in [6.07, 6.45) is -9.42. The van der Waals surface area contributed by atoms with Crippen molar-refractivity contribution in [2.24, 2.45) is 0 Å². The molecule has 0 fully saturated rings. The van der Waals surface area contributed by atoms with Gasteiger partial charge in [-0.05, 0) is 36.2 Å². The van der Waals surface area contributed by atoms with Crippen molar-refractivity contribution in [2.45, 2.75) is 32.2 Å². The molecule has 20 heavy (non-hydrogen) atoms. The summed E-state index contributed by atoms with van der Waals surface area (Å²) in [5, 5.41) is 0. The lowest BCUT2D eigenvalue weighted by Crippen LogP contribution is -2.32. The summed E-state index contributed by atoms with van der Waals surface area (Å²) in [7, 11) is 0. The smallest absolute Gasteiger partial charge is 0.299 e. The van der Waals surface area contributed by atoms with Crippen LogP contribution in [0.4, 0.5) is 26.3 Å². The Labute approximate surface area is 112 Å². The average Bonchev–Trinajstić information content (AvgIpc) is 2.34. The van der Waals surface area contributed by atoms with Gasteiger partial charge in [-0.3, -0.25) is 4.90 Å². The van der Waals surface area contributed by atoms with E-state index in [4.69, 9.17) is 0 Å². The monoisotopic (exact) mass is 297 g/mol. The Hall–Kier alpha value is -1.24. The molecule has 0 aliphatic carbocycles. The minimum absolute atomic E-state index is 0.00444. The molecule has 0 aromatic heterocycles. The van der Waals surface area contributed by atoms with Crippen LogP contribution >= 0.6 is 0 Å². The number of rotatable bonds is 1. The molecule has 0 atom stereocenters. The van der Waals surface area contributed by atoms with E-state index in [2.05, 4.69) is 0 Å². The van der Waals surface area contributed by atoms with Crippen LogP contribution in [0.25, 0.3) is 0 Å². The molecular formula is C13H13F6N. The highest BCUT2D eigenvalue weighted by Gasteiger charge is 2.40. The molecule has 1 aromatic carbocycles. The number of fused-ring (bicyclic) bond motifs is 1. The van der Waals surface area contributed by atoms with E-state index < -0.39 is 23.5 Å². The molecule has 1 heterocycles. The zero-order valence-corrected chi connectivity index (χ0v) is 10.7. The quantitative estimate of drug-likeness (QED) is 0.705. The van der Waals surface area contributed by atoms with E-state index in [1.54, 1.807) is 0 Å². The third kappa shape index (κ3) is 2.92. The highest BCUT2D eigenvalue weighted by molar-refractivity contribution is 5.43. The highest BCUT2D eigenvalue weighted by Crippen LogP contribution is 2.40. The molecule has 1 aliphatic heterocycles. The van der Waals surface area contributed by atoms with Gasteiger partial charge >= 0.3 is 12.4 Å². The molecule has 0 N–H and O–H groups in total. The van der Waals surface area contributed by atoms with E-state index in [1.165, 1.54) is 0 Å². The van der Waals surface area contributed by atoms with E-state index in [1.807, 2.05) is 11.8 Å². The number of likely N-dealkylation sites (N-methyl/N-ethyl adjacent to an activating group) is 1. The normalized spacial score (nSPS) is 17.1. The fourth-order valence-electron chi connectivity index (χ4n) is 2.44. The zero-order valence-electron chi connectivity index (χ0n) is 10.7. The van der Waals surface area contributed by atoms with E-state index >= 15 is 0 Å². The van der Waals surface area contributed by atoms with E-state index in [0.29, 0.717) is 13.1 Å². The second-order valence-electron chi connectivity index (χ2n) is 4.78. The number of hydrogen-bond acceptors (Lipinski definition) is 1. The molecule has 0 saturated carbocycles. The van der Waals surface area contributed by atoms with Gasteiger partial charge in [-0.2, -0.15) is 26.3 Å². The Morgan fingerprint density at radius 2 is 1.70 bits per heavy atom. The molecule has 0 amide bonds. The third-order valence-electron chi connectivity index (χ3n) is 3.49. The van der Waals surface area contributed by atoms with Gasteiger partial charge in [0.1, 0.15) is 0 Å². The molecule has 0 unspecified atom stereocenters. The maximum atomic E-state index is 12.9. The molecule has 0 radical (unpaired) electrons. The zero-order chi connectivity index (χ0) is 15.1. The second kappa shape index (κ2) is 4.95. The summed E-state index contributed by atoms with van der Waals surface area (Å²) in [4.78, 5) is 1.82. The molecule has 112 valence electrons. The van der Waals surface area contributed by atoms with Gasteiger partial charge in [0.15, 0.2) is 0 Å². The van der Waals surface area contributed by atoms with Crippen LogP contribution in [-0.2, 0) is 25.3 Å².